The second-order valence-corrected chi connectivity index (χ2v) is 5.96. The van der Waals surface area contributed by atoms with Gasteiger partial charge in [-0.2, -0.15) is 8.78 Å². The maximum atomic E-state index is 12.2. The second-order valence-electron chi connectivity index (χ2n) is 5.96. The van der Waals surface area contributed by atoms with E-state index in [1.807, 2.05) is 19.9 Å². The molecule has 0 spiro atoms. The molecular weight excluding hydrogens is 344 g/mol. The first-order chi connectivity index (χ1) is 12.2. The number of carbonyl (C=O) groups is 2. The summed E-state index contributed by atoms with van der Waals surface area (Å²) < 4.78 is 28.5. The van der Waals surface area contributed by atoms with Crippen molar-refractivity contribution in [1.29, 1.82) is 0 Å². The minimum atomic E-state index is -2.92. The fourth-order valence-electron chi connectivity index (χ4n) is 2.65. The molecule has 0 saturated heterocycles. The van der Waals surface area contributed by atoms with Gasteiger partial charge in [0, 0.05) is 0 Å². The van der Waals surface area contributed by atoms with E-state index in [9.17, 15) is 23.5 Å². The maximum absolute atomic E-state index is 12.2. The summed E-state index contributed by atoms with van der Waals surface area (Å²) in [5.74, 6) is -1.66. The van der Waals surface area contributed by atoms with Crippen molar-refractivity contribution in [2.45, 2.75) is 32.9 Å². The zero-order valence-electron chi connectivity index (χ0n) is 14.3. The van der Waals surface area contributed by atoms with Gasteiger partial charge in [-0.3, -0.25) is 4.79 Å². The minimum absolute atomic E-state index is 0.0113. The van der Waals surface area contributed by atoms with E-state index in [-0.39, 0.29) is 12.2 Å². The van der Waals surface area contributed by atoms with E-state index >= 15 is 0 Å². The van der Waals surface area contributed by atoms with Gasteiger partial charge in [0.2, 0.25) is 5.91 Å². The summed E-state index contributed by atoms with van der Waals surface area (Å²) >= 11 is 0. The van der Waals surface area contributed by atoms with E-state index in [1.165, 1.54) is 24.3 Å². The molecule has 0 heterocycles. The Morgan fingerprint density at radius 3 is 2.15 bits per heavy atom. The lowest BCUT2D eigenvalue weighted by atomic mass is 10.0. The molecule has 7 heteroatoms. The number of aryl methyl sites for hydroxylation is 2. The number of aliphatic carboxylic acids is 1. The molecular formula is C19H19F2NO4. The van der Waals surface area contributed by atoms with E-state index in [1.54, 1.807) is 12.1 Å². The van der Waals surface area contributed by atoms with Crippen molar-refractivity contribution >= 4 is 11.9 Å². The molecule has 0 aliphatic carbocycles. The third kappa shape index (κ3) is 5.54. The number of ether oxygens (including phenoxy) is 1. The van der Waals surface area contributed by atoms with Gasteiger partial charge in [0.25, 0.3) is 0 Å². The smallest absolute Gasteiger partial charge is 0.387 e. The summed E-state index contributed by atoms with van der Waals surface area (Å²) in [6.45, 7) is 0.777. The first kappa shape index (κ1) is 19.4. The van der Waals surface area contributed by atoms with Crippen LogP contribution >= 0.6 is 0 Å². The predicted molar refractivity (Wildman–Crippen MR) is 91.2 cm³/mol. The average Bonchev–Trinajstić information content (AvgIpc) is 2.52. The first-order valence-electron chi connectivity index (χ1n) is 7.88. The van der Waals surface area contributed by atoms with Crippen LogP contribution in [-0.2, 0) is 16.0 Å². The van der Waals surface area contributed by atoms with Crippen LogP contribution in [0.4, 0.5) is 8.78 Å². The second kappa shape index (κ2) is 8.42. The summed E-state index contributed by atoms with van der Waals surface area (Å²) in [5, 5.41) is 11.9. The molecule has 26 heavy (non-hydrogen) atoms. The molecule has 2 N–H and O–H groups in total. The minimum Gasteiger partial charge on any atom is -0.479 e. The van der Waals surface area contributed by atoms with E-state index in [2.05, 4.69) is 10.1 Å². The zero-order chi connectivity index (χ0) is 19.3. The zero-order valence-corrected chi connectivity index (χ0v) is 14.3. The highest BCUT2D eigenvalue weighted by atomic mass is 19.3. The third-order valence-electron chi connectivity index (χ3n) is 3.64. The van der Waals surface area contributed by atoms with Gasteiger partial charge in [-0.25, -0.2) is 4.79 Å². The van der Waals surface area contributed by atoms with Crippen LogP contribution in [0.25, 0.3) is 0 Å². The molecule has 1 amide bonds. The molecule has 5 nitrogen and oxygen atoms in total. The lowest BCUT2D eigenvalue weighted by molar-refractivity contribution is -0.141. The van der Waals surface area contributed by atoms with Crippen molar-refractivity contribution in [1.82, 2.24) is 5.32 Å². The van der Waals surface area contributed by atoms with Gasteiger partial charge in [-0.05, 0) is 37.1 Å². The fourth-order valence-corrected chi connectivity index (χ4v) is 2.65. The van der Waals surface area contributed by atoms with Gasteiger partial charge in [0.1, 0.15) is 5.75 Å². The Morgan fingerprint density at radius 2 is 1.65 bits per heavy atom. The Bertz CT molecular complexity index is 770. The van der Waals surface area contributed by atoms with Crippen LogP contribution in [-0.4, -0.2) is 23.6 Å². The number of alkyl halides is 2. The Hall–Kier alpha value is -2.96. The fraction of sp³-hybridized carbons (Fsp3) is 0.263. The number of halogens is 2. The van der Waals surface area contributed by atoms with Gasteiger partial charge >= 0.3 is 12.6 Å². The molecule has 0 aliphatic rings. The molecule has 138 valence electrons. The van der Waals surface area contributed by atoms with Crippen LogP contribution < -0.4 is 10.1 Å². The van der Waals surface area contributed by atoms with Crippen LogP contribution in [0.2, 0.25) is 0 Å². The summed E-state index contributed by atoms with van der Waals surface area (Å²) in [5.41, 5.74) is 2.84. The lowest BCUT2D eigenvalue weighted by Crippen LogP contribution is -2.34. The summed E-state index contributed by atoms with van der Waals surface area (Å²) in [6.07, 6.45) is -0.0798. The topological polar surface area (TPSA) is 75.6 Å². The number of benzene rings is 2. The molecule has 2 aromatic carbocycles. The van der Waals surface area contributed by atoms with Crippen molar-refractivity contribution in [2.24, 2.45) is 0 Å². The quantitative estimate of drug-likeness (QED) is 0.791. The monoisotopic (exact) mass is 363 g/mol. The normalized spacial score (nSPS) is 11.9. The average molecular weight is 363 g/mol. The number of nitrogens with one attached hydrogen (secondary N) is 1. The van der Waals surface area contributed by atoms with Crippen molar-refractivity contribution in [3.8, 4) is 5.75 Å². The molecule has 0 bridgehead atoms. The van der Waals surface area contributed by atoms with Crippen LogP contribution in [0.1, 0.15) is 28.3 Å². The van der Waals surface area contributed by atoms with Crippen LogP contribution in [0, 0.1) is 13.8 Å². The predicted octanol–water partition coefficient (Wildman–Crippen LogP) is 3.39. The molecule has 1 atom stereocenters. The highest BCUT2D eigenvalue weighted by Crippen LogP contribution is 2.19. The first-order valence-corrected chi connectivity index (χ1v) is 7.88. The number of hydrogen-bond donors (Lipinski definition) is 2. The number of amides is 1. The van der Waals surface area contributed by atoms with Crippen molar-refractivity contribution in [2.75, 3.05) is 0 Å². The van der Waals surface area contributed by atoms with E-state index < -0.39 is 24.5 Å². The van der Waals surface area contributed by atoms with E-state index in [4.69, 9.17) is 0 Å². The summed E-state index contributed by atoms with van der Waals surface area (Å²) in [7, 11) is 0. The van der Waals surface area contributed by atoms with Gasteiger partial charge in [-0.1, -0.05) is 41.5 Å². The molecule has 0 radical (unpaired) electrons. The SMILES string of the molecule is Cc1cc(C)cc(C(NC(=O)Cc2ccc(OC(F)F)cc2)C(=O)O)c1. The molecule has 0 aliphatic heterocycles. The number of rotatable bonds is 7. The van der Waals surface area contributed by atoms with E-state index in [0.717, 1.165) is 11.1 Å². The highest BCUT2D eigenvalue weighted by molar-refractivity contribution is 5.85. The van der Waals surface area contributed by atoms with Gasteiger partial charge in [-0.15, -0.1) is 0 Å². The maximum Gasteiger partial charge on any atom is 0.387 e. The van der Waals surface area contributed by atoms with Gasteiger partial charge in [0.05, 0.1) is 6.42 Å². The van der Waals surface area contributed by atoms with E-state index in [0.29, 0.717) is 11.1 Å². The number of carboxylic acid groups (broad SMARTS) is 1. The Balaban J connectivity index is 2.07. The molecule has 2 aromatic rings. The number of hydrogen-bond acceptors (Lipinski definition) is 3. The molecule has 1 unspecified atom stereocenters. The third-order valence-corrected chi connectivity index (χ3v) is 3.64. The Kier molecular flexibility index (Phi) is 6.27. The summed E-state index contributed by atoms with van der Waals surface area (Å²) in [6, 6.07) is 9.77. The largest absolute Gasteiger partial charge is 0.479 e. The summed E-state index contributed by atoms with van der Waals surface area (Å²) in [4.78, 5) is 23.8. The van der Waals surface area contributed by atoms with Crippen molar-refractivity contribution in [3.05, 3.63) is 64.7 Å². The molecule has 0 fully saturated rings. The Morgan fingerprint density at radius 1 is 1.08 bits per heavy atom. The van der Waals surface area contributed by atoms with Crippen LogP contribution in [0.3, 0.4) is 0 Å². The number of carboxylic acids is 1. The van der Waals surface area contributed by atoms with Gasteiger partial charge in [0.15, 0.2) is 6.04 Å². The van der Waals surface area contributed by atoms with Gasteiger partial charge < -0.3 is 15.2 Å². The van der Waals surface area contributed by atoms with Crippen molar-refractivity contribution in [3.63, 3.8) is 0 Å². The molecule has 0 saturated carbocycles. The Labute approximate surface area is 149 Å². The van der Waals surface area contributed by atoms with Crippen molar-refractivity contribution < 1.29 is 28.2 Å². The lowest BCUT2D eigenvalue weighted by Gasteiger charge is -2.16. The highest BCUT2D eigenvalue weighted by Gasteiger charge is 2.22. The van der Waals surface area contributed by atoms with Crippen LogP contribution in [0.5, 0.6) is 5.75 Å². The number of carbonyl (C=O) groups excluding carboxylic acids is 1. The van der Waals surface area contributed by atoms with Crippen LogP contribution in [0.15, 0.2) is 42.5 Å². The molecule has 2 rings (SSSR count). The molecule has 0 aromatic heterocycles. The standard InChI is InChI=1S/C19H19F2NO4/c1-11-7-12(2)9-14(8-11)17(18(24)25)22-16(23)10-13-3-5-15(6-4-13)26-19(20)21/h3-9,17,19H,10H2,1-2H3,(H,22,23)(H,24,25).